The summed E-state index contributed by atoms with van der Waals surface area (Å²) in [5.41, 5.74) is 0.119. The van der Waals surface area contributed by atoms with E-state index in [1.807, 2.05) is 0 Å². The Kier molecular flexibility index (Phi) is 5.09. The van der Waals surface area contributed by atoms with Crippen LogP contribution in [0.25, 0.3) is 0 Å². The van der Waals surface area contributed by atoms with Gasteiger partial charge in [0.1, 0.15) is 5.82 Å². The maximum Gasteiger partial charge on any atom is 0.337 e. The third-order valence-electron chi connectivity index (χ3n) is 3.74. The molecule has 0 atom stereocenters. The maximum absolute atomic E-state index is 12.2. The Morgan fingerprint density at radius 3 is 2.30 bits per heavy atom. The van der Waals surface area contributed by atoms with Crippen molar-refractivity contribution in [2.24, 2.45) is 5.92 Å². The number of hydrogen-bond donors (Lipinski definition) is 2. The number of nitrogens with zero attached hydrogens (tertiary/aromatic N) is 1. The smallest absolute Gasteiger partial charge is 0.337 e. The first-order chi connectivity index (χ1) is 9.66. The van der Waals surface area contributed by atoms with Crippen molar-refractivity contribution in [3.8, 4) is 0 Å². The van der Waals surface area contributed by atoms with Gasteiger partial charge in [0.15, 0.2) is 0 Å². The Labute approximate surface area is 118 Å². The largest absolute Gasteiger partial charge is 0.478 e. The first kappa shape index (κ1) is 14.5. The van der Waals surface area contributed by atoms with Gasteiger partial charge in [0.2, 0.25) is 5.91 Å². The highest BCUT2D eigenvalue weighted by Gasteiger charge is 2.19. The van der Waals surface area contributed by atoms with Crippen molar-refractivity contribution in [1.29, 1.82) is 0 Å². The Morgan fingerprint density at radius 2 is 1.75 bits per heavy atom. The molecule has 108 valence electrons. The standard InChI is InChI=1S/C15H20N2O3/c18-14(11-6-4-2-1-3-5-7-11)17-13-9-8-12(10-16-13)15(19)20/h8-11H,1-7H2,(H,19,20)(H,16,17,18). The summed E-state index contributed by atoms with van der Waals surface area (Å²) in [4.78, 5) is 26.9. The Morgan fingerprint density at radius 1 is 1.10 bits per heavy atom. The number of anilines is 1. The van der Waals surface area contributed by atoms with Crippen LogP contribution in [0, 0.1) is 5.92 Å². The lowest BCUT2D eigenvalue weighted by Gasteiger charge is -2.18. The van der Waals surface area contributed by atoms with Crippen LogP contribution < -0.4 is 5.32 Å². The van der Waals surface area contributed by atoms with Gasteiger partial charge in [-0.2, -0.15) is 0 Å². The molecule has 1 saturated carbocycles. The zero-order chi connectivity index (χ0) is 14.4. The molecule has 20 heavy (non-hydrogen) atoms. The number of hydrogen-bond acceptors (Lipinski definition) is 3. The van der Waals surface area contributed by atoms with Gasteiger partial charge in [0, 0.05) is 12.1 Å². The lowest BCUT2D eigenvalue weighted by Crippen LogP contribution is -2.24. The number of amides is 1. The van der Waals surface area contributed by atoms with Gasteiger partial charge >= 0.3 is 5.97 Å². The molecular weight excluding hydrogens is 256 g/mol. The number of aromatic nitrogens is 1. The molecule has 1 aliphatic rings. The second-order valence-corrected chi connectivity index (χ2v) is 5.27. The monoisotopic (exact) mass is 276 g/mol. The summed E-state index contributed by atoms with van der Waals surface area (Å²) < 4.78 is 0. The van der Waals surface area contributed by atoms with Crippen molar-refractivity contribution in [2.75, 3.05) is 5.32 Å². The van der Waals surface area contributed by atoms with Crippen LogP contribution in [-0.2, 0) is 4.79 Å². The minimum Gasteiger partial charge on any atom is -0.478 e. The van der Waals surface area contributed by atoms with Gasteiger partial charge in [-0.15, -0.1) is 0 Å². The van der Waals surface area contributed by atoms with E-state index < -0.39 is 5.97 Å². The summed E-state index contributed by atoms with van der Waals surface area (Å²) in [6.45, 7) is 0. The van der Waals surface area contributed by atoms with Crippen molar-refractivity contribution >= 4 is 17.7 Å². The lowest BCUT2D eigenvalue weighted by molar-refractivity contribution is -0.120. The fourth-order valence-electron chi connectivity index (χ4n) is 2.54. The quantitative estimate of drug-likeness (QED) is 0.889. The van der Waals surface area contributed by atoms with E-state index in [-0.39, 0.29) is 17.4 Å². The highest BCUT2D eigenvalue weighted by Crippen LogP contribution is 2.23. The maximum atomic E-state index is 12.2. The van der Waals surface area contributed by atoms with Crippen LogP contribution in [0.4, 0.5) is 5.82 Å². The number of pyridine rings is 1. The molecule has 1 aromatic rings. The summed E-state index contributed by atoms with van der Waals surface area (Å²) in [5.74, 6) is -0.545. The van der Waals surface area contributed by atoms with Crippen LogP contribution in [0.5, 0.6) is 0 Å². The Hall–Kier alpha value is -1.91. The lowest BCUT2D eigenvalue weighted by atomic mass is 9.90. The number of carboxylic acids is 1. The zero-order valence-electron chi connectivity index (χ0n) is 11.5. The second-order valence-electron chi connectivity index (χ2n) is 5.27. The van der Waals surface area contributed by atoms with Gasteiger partial charge in [0.25, 0.3) is 0 Å². The van der Waals surface area contributed by atoms with Crippen LogP contribution in [0.1, 0.15) is 55.3 Å². The molecule has 1 aromatic heterocycles. The minimum atomic E-state index is -1.02. The number of carboxylic acid groups (broad SMARTS) is 1. The Bertz CT molecular complexity index is 463. The predicted molar refractivity (Wildman–Crippen MR) is 75.6 cm³/mol. The molecule has 0 radical (unpaired) electrons. The van der Waals surface area contributed by atoms with E-state index in [9.17, 15) is 9.59 Å². The van der Waals surface area contributed by atoms with Crippen LogP contribution in [0.2, 0.25) is 0 Å². The highest BCUT2D eigenvalue weighted by molar-refractivity contribution is 5.92. The molecule has 5 nitrogen and oxygen atoms in total. The first-order valence-corrected chi connectivity index (χ1v) is 7.17. The fraction of sp³-hybridized carbons (Fsp3) is 0.533. The average Bonchev–Trinajstić information content (AvgIpc) is 2.38. The molecule has 0 aromatic carbocycles. The van der Waals surface area contributed by atoms with E-state index in [2.05, 4.69) is 10.3 Å². The fourth-order valence-corrected chi connectivity index (χ4v) is 2.54. The van der Waals surface area contributed by atoms with Gasteiger partial charge in [-0.25, -0.2) is 9.78 Å². The van der Waals surface area contributed by atoms with E-state index in [1.165, 1.54) is 37.6 Å². The molecule has 2 rings (SSSR count). The number of rotatable bonds is 3. The number of aromatic carboxylic acids is 1. The average molecular weight is 276 g/mol. The molecule has 0 spiro atoms. The first-order valence-electron chi connectivity index (χ1n) is 7.17. The van der Waals surface area contributed by atoms with Crippen molar-refractivity contribution < 1.29 is 14.7 Å². The van der Waals surface area contributed by atoms with Crippen molar-refractivity contribution in [3.05, 3.63) is 23.9 Å². The van der Waals surface area contributed by atoms with Crippen molar-refractivity contribution in [3.63, 3.8) is 0 Å². The molecule has 0 aliphatic heterocycles. The third-order valence-corrected chi connectivity index (χ3v) is 3.74. The molecule has 0 bridgehead atoms. The van der Waals surface area contributed by atoms with E-state index in [1.54, 1.807) is 0 Å². The second kappa shape index (κ2) is 7.03. The summed E-state index contributed by atoms with van der Waals surface area (Å²) in [5, 5.41) is 11.6. The molecule has 0 unspecified atom stereocenters. The molecule has 2 N–H and O–H groups in total. The van der Waals surface area contributed by atoms with E-state index in [0.717, 1.165) is 25.7 Å². The molecule has 1 heterocycles. The van der Waals surface area contributed by atoms with Crippen LogP contribution >= 0.6 is 0 Å². The summed E-state index contributed by atoms with van der Waals surface area (Å²) in [6.07, 6.45) is 9.00. The van der Waals surface area contributed by atoms with Gasteiger partial charge in [-0.05, 0) is 25.0 Å². The highest BCUT2D eigenvalue weighted by atomic mass is 16.4. The number of carbonyl (C=O) groups excluding carboxylic acids is 1. The van der Waals surface area contributed by atoms with Crippen LogP contribution in [0.15, 0.2) is 18.3 Å². The van der Waals surface area contributed by atoms with E-state index in [4.69, 9.17) is 5.11 Å². The number of nitrogens with one attached hydrogen (secondary N) is 1. The van der Waals surface area contributed by atoms with Gasteiger partial charge < -0.3 is 10.4 Å². The van der Waals surface area contributed by atoms with E-state index >= 15 is 0 Å². The van der Waals surface area contributed by atoms with Gasteiger partial charge in [0.05, 0.1) is 5.56 Å². The van der Waals surface area contributed by atoms with Crippen LogP contribution in [-0.4, -0.2) is 22.0 Å². The Balaban J connectivity index is 1.93. The normalized spacial score (nSPS) is 17.0. The van der Waals surface area contributed by atoms with Crippen molar-refractivity contribution in [2.45, 2.75) is 44.9 Å². The predicted octanol–water partition coefficient (Wildman–Crippen LogP) is 3.08. The molecule has 1 aliphatic carbocycles. The number of carbonyl (C=O) groups is 2. The van der Waals surface area contributed by atoms with Gasteiger partial charge in [-0.3, -0.25) is 4.79 Å². The third kappa shape index (κ3) is 4.05. The topological polar surface area (TPSA) is 79.3 Å². The van der Waals surface area contributed by atoms with Crippen LogP contribution in [0.3, 0.4) is 0 Å². The molecular formula is C15H20N2O3. The summed E-state index contributed by atoms with van der Waals surface area (Å²) >= 11 is 0. The summed E-state index contributed by atoms with van der Waals surface area (Å²) in [6, 6.07) is 2.98. The molecule has 1 fully saturated rings. The molecule has 5 heteroatoms. The zero-order valence-corrected chi connectivity index (χ0v) is 11.5. The molecule has 1 amide bonds. The van der Waals surface area contributed by atoms with E-state index in [0.29, 0.717) is 5.82 Å². The molecule has 0 saturated heterocycles. The summed E-state index contributed by atoms with van der Waals surface area (Å²) in [7, 11) is 0. The minimum absolute atomic E-state index is 0.00229. The van der Waals surface area contributed by atoms with Crippen molar-refractivity contribution in [1.82, 2.24) is 4.98 Å². The van der Waals surface area contributed by atoms with Gasteiger partial charge in [-0.1, -0.05) is 32.1 Å². The SMILES string of the molecule is O=C(O)c1ccc(NC(=O)C2CCCCCCC2)nc1.